The average Bonchev–Trinajstić information content (AvgIpc) is 2.64. The first kappa shape index (κ1) is 10.8. The van der Waals surface area contributed by atoms with Crippen molar-refractivity contribution in [1.82, 2.24) is 10.6 Å². The first-order valence-electron chi connectivity index (χ1n) is 5.46. The zero-order chi connectivity index (χ0) is 10.8. The third-order valence-corrected chi connectivity index (χ3v) is 3.50. The lowest BCUT2D eigenvalue weighted by Gasteiger charge is -2.31. The molecule has 15 heavy (non-hydrogen) atoms. The topological polar surface area (TPSA) is 41.1 Å². The largest absolute Gasteiger partial charge is 0.348 e. The average molecular weight is 218 g/mol. The lowest BCUT2D eigenvalue weighted by atomic mass is 9.79. The molecule has 0 aromatic heterocycles. The van der Waals surface area contributed by atoms with Gasteiger partial charge in [-0.25, -0.2) is 0 Å². The summed E-state index contributed by atoms with van der Waals surface area (Å²) in [6, 6.07) is -0.0485. The van der Waals surface area contributed by atoms with Crippen LogP contribution in [0.25, 0.3) is 0 Å². The Bertz CT molecular complexity index is 248. The minimum absolute atomic E-state index is 0.0485. The molecule has 2 fully saturated rings. The van der Waals surface area contributed by atoms with Crippen molar-refractivity contribution in [3.05, 3.63) is 0 Å². The number of amides is 1. The van der Waals surface area contributed by atoms with E-state index in [9.17, 15) is 13.6 Å². The van der Waals surface area contributed by atoms with Gasteiger partial charge in [-0.2, -0.15) is 8.78 Å². The lowest BCUT2D eigenvalue weighted by Crippen LogP contribution is -2.43. The van der Waals surface area contributed by atoms with Gasteiger partial charge < -0.3 is 10.6 Å². The van der Waals surface area contributed by atoms with Crippen LogP contribution in [0.2, 0.25) is 0 Å². The van der Waals surface area contributed by atoms with E-state index in [0.717, 1.165) is 32.4 Å². The fraction of sp³-hybridized carbons (Fsp3) is 0.900. The van der Waals surface area contributed by atoms with Gasteiger partial charge in [0.15, 0.2) is 0 Å². The Morgan fingerprint density at radius 1 is 1.27 bits per heavy atom. The first-order valence-corrected chi connectivity index (χ1v) is 5.46. The van der Waals surface area contributed by atoms with Gasteiger partial charge in [-0.15, -0.1) is 0 Å². The maximum absolute atomic E-state index is 12.0. The first-order chi connectivity index (χ1) is 7.16. The Labute approximate surface area is 87.6 Å². The molecule has 1 amide bonds. The third-order valence-electron chi connectivity index (χ3n) is 3.50. The van der Waals surface area contributed by atoms with Crippen molar-refractivity contribution in [1.29, 1.82) is 0 Å². The summed E-state index contributed by atoms with van der Waals surface area (Å²) in [5.74, 6) is 0.121. The zero-order valence-corrected chi connectivity index (χ0v) is 8.51. The monoisotopic (exact) mass is 218 g/mol. The summed E-state index contributed by atoms with van der Waals surface area (Å²) in [5.41, 5.74) is 0. The molecule has 0 aromatic rings. The maximum Gasteiger partial charge on any atom is 0.315 e. The molecule has 2 N–H and O–H groups in total. The molecular formula is C10H16F2N2O. The Hall–Kier alpha value is -0.710. The molecule has 3 atom stereocenters. The van der Waals surface area contributed by atoms with Gasteiger partial charge in [0.2, 0.25) is 0 Å². The number of nitrogens with one attached hydrogen (secondary N) is 2. The molecule has 5 heteroatoms. The lowest BCUT2D eigenvalue weighted by molar-refractivity contribution is -0.132. The highest BCUT2D eigenvalue weighted by molar-refractivity contribution is 5.79. The standard InChI is InChI=1S/C10H16F2N2O/c11-9(12)10(15)14-8-2-1-6-4-13-5-7(6)3-8/h6-9,13H,1-5H2,(H,14,15)/t6-,7+,8?/m0/s1. The second kappa shape index (κ2) is 4.43. The van der Waals surface area contributed by atoms with E-state index in [0.29, 0.717) is 11.8 Å². The molecule has 1 saturated heterocycles. The van der Waals surface area contributed by atoms with Crippen molar-refractivity contribution in [2.45, 2.75) is 31.7 Å². The Balaban J connectivity index is 1.82. The quantitative estimate of drug-likeness (QED) is 0.718. The zero-order valence-electron chi connectivity index (χ0n) is 8.51. The van der Waals surface area contributed by atoms with Crippen molar-refractivity contribution in [3.63, 3.8) is 0 Å². The molecule has 0 aromatic carbocycles. The number of alkyl halides is 2. The van der Waals surface area contributed by atoms with E-state index in [2.05, 4.69) is 10.6 Å². The van der Waals surface area contributed by atoms with Crippen LogP contribution in [0.5, 0.6) is 0 Å². The molecular weight excluding hydrogens is 202 g/mol. The molecule has 0 spiro atoms. The second-order valence-electron chi connectivity index (χ2n) is 4.50. The van der Waals surface area contributed by atoms with Gasteiger partial charge in [0.05, 0.1) is 0 Å². The van der Waals surface area contributed by atoms with E-state index in [1.54, 1.807) is 0 Å². The smallest absolute Gasteiger partial charge is 0.315 e. The highest BCUT2D eigenvalue weighted by Gasteiger charge is 2.34. The van der Waals surface area contributed by atoms with Gasteiger partial charge in [0.25, 0.3) is 5.91 Å². The molecule has 2 rings (SSSR count). The summed E-state index contributed by atoms with van der Waals surface area (Å²) in [7, 11) is 0. The van der Waals surface area contributed by atoms with Crippen molar-refractivity contribution >= 4 is 5.91 Å². The molecule has 1 saturated carbocycles. The van der Waals surface area contributed by atoms with Crippen LogP contribution >= 0.6 is 0 Å². The molecule has 0 bridgehead atoms. The number of rotatable bonds is 2. The number of hydrogen-bond donors (Lipinski definition) is 2. The highest BCUT2D eigenvalue weighted by atomic mass is 19.3. The van der Waals surface area contributed by atoms with Crippen molar-refractivity contribution in [2.75, 3.05) is 13.1 Å². The van der Waals surface area contributed by atoms with Crippen LogP contribution in [-0.4, -0.2) is 31.5 Å². The summed E-state index contributed by atoms with van der Waals surface area (Å²) >= 11 is 0. The number of fused-ring (bicyclic) bond motifs is 1. The Kier molecular flexibility index (Phi) is 3.19. The van der Waals surface area contributed by atoms with E-state index in [4.69, 9.17) is 0 Å². The highest BCUT2D eigenvalue weighted by Crippen LogP contribution is 2.32. The van der Waals surface area contributed by atoms with Crippen LogP contribution in [0, 0.1) is 11.8 Å². The van der Waals surface area contributed by atoms with Gasteiger partial charge in [-0.05, 0) is 44.2 Å². The summed E-state index contributed by atoms with van der Waals surface area (Å²) in [5, 5.41) is 5.71. The van der Waals surface area contributed by atoms with Crippen LogP contribution in [0.15, 0.2) is 0 Å². The number of carbonyl (C=O) groups is 1. The van der Waals surface area contributed by atoms with E-state index in [1.807, 2.05) is 0 Å². The maximum atomic E-state index is 12.0. The summed E-state index contributed by atoms with van der Waals surface area (Å²) in [6.45, 7) is 2.01. The molecule has 1 aliphatic heterocycles. The minimum Gasteiger partial charge on any atom is -0.348 e. The van der Waals surface area contributed by atoms with Crippen LogP contribution in [0.4, 0.5) is 8.78 Å². The van der Waals surface area contributed by atoms with Crippen LogP contribution in [0.1, 0.15) is 19.3 Å². The third kappa shape index (κ3) is 2.45. The number of hydrogen-bond acceptors (Lipinski definition) is 2. The van der Waals surface area contributed by atoms with E-state index in [1.165, 1.54) is 0 Å². The van der Waals surface area contributed by atoms with E-state index >= 15 is 0 Å². The predicted molar refractivity (Wildman–Crippen MR) is 51.6 cm³/mol. The molecule has 0 radical (unpaired) electrons. The SMILES string of the molecule is O=C(NC1CC[C@H]2CNC[C@H]2C1)C(F)F. The second-order valence-corrected chi connectivity index (χ2v) is 4.50. The summed E-state index contributed by atoms with van der Waals surface area (Å²) in [4.78, 5) is 10.8. The van der Waals surface area contributed by atoms with Crippen LogP contribution in [-0.2, 0) is 4.79 Å². The fourth-order valence-corrected chi connectivity index (χ4v) is 2.69. The van der Waals surface area contributed by atoms with Crippen LogP contribution in [0.3, 0.4) is 0 Å². The predicted octanol–water partition coefficient (Wildman–Crippen LogP) is 0.756. The fourth-order valence-electron chi connectivity index (χ4n) is 2.69. The molecule has 1 heterocycles. The Morgan fingerprint density at radius 3 is 2.73 bits per heavy atom. The molecule has 1 unspecified atom stereocenters. The van der Waals surface area contributed by atoms with Gasteiger partial charge in [0.1, 0.15) is 0 Å². The molecule has 1 aliphatic carbocycles. The van der Waals surface area contributed by atoms with Gasteiger partial charge in [-0.1, -0.05) is 0 Å². The molecule has 86 valence electrons. The Morgan fingerprint density at radius 2 is 2.00 bits per heavy atom. The normalized spacial score (nSPS) is 35.3. The van der Waals surface area contributed by atoms with Crippen LogP contribution < -0.4 is 10.6 Å². The summed E-state index contributed by atoms with van der Waals surface area (Å²) < 4.78 is 24.1. The van der Waals surface area contributed by atoms with E-state index < -0.39 is 12.3 Å². The molecule has 2 aliphatic rings. The molecule has 3 nitrogen and oxygen atoms in total. The number of halogens is 2. The minimum atomic E-state index is -2.88. The van der Waals surface area contributed by atoms with Crippen molar-refractivity contribution in [2.24, 2.45) is 11.8 Å². The van der Waals surface area contributed by atoms with Crippen molar-refractivity contribution < 1.29 is 13.6 Å². The number of carbonyl (C=O) groups excluding carboxylic acids is 1. The van der Waals surface area contributed by atoms with E-state index in [-0.39, 0.29) is 6.04 Å². The van der Waals surface area contributed by atoms with Gasteiger partial charge in [0, 0.05) is 6.04 Å². The summed E-state index contributed by atoms with van der Waals surface area (Å²) in [6.07, 6.45) is -0.173. The van der Waals surface area contributed by atoms with Gasteiger partial charge >= 0.3 is 6.43 Å². The van der Waals surface area contributed by atoms with Crippen molar-refractivity contribution in [3.8, 4) is 0 Å². The van der Waals surface area contributed by atoms with Gasteiger partial charge in [-0.3, -0.25) is 4.79 Å².